The second-order valence-corrected chi connectivity index (χ2v) is 7.36. The van der Waals surface area contributed by atoms with Gasteiger partial charge in [-0.15, -0.1) is 11.3 Å². The number of thiophene rings is 1. The highest BCUT2D eigenvalue weighted by Crippen LogP contribution is 2.33. The zero-order chi connectivity index (χ0) is 13.2. The third-order valence-electron chi connectivity index (χ3n) is 2.65. The molecule has 0 spiro atoms. The molecule has 1 aromatic heterocycles. The number of aliphatic hydroxyl groups is 1. The quantitative estimate of drug-likeness (QED) is 0.933. The summed E-state index contributed by atoms with van der Waals surface area (Å²) in [5.74, 6) is -0.315. The fraction of sp³-hybridized carbons (Fsp3) is 0.231. The SMILES string of the molecule is CS(=O)(=O)C[C@@](O)(c1ccccc1)c1cccs1. The molecule has 1 N–H and O–H groups in total. The van der Waals surface area contributed by atoms with Gasteiger partial charge in [-0.3, -0.25) is 0 Å². The molecule has 0 aliphatic carbocycles. The molecule has 3 nitrogen and oxygen atoms in total. The van der Waals surface area contributed by atoms with E-state index >= 15 is 0 Å². The standard InChI is InChI=1S/C13H14O3S2/c1-18(15,16)10-13(14,12-8-5-9-17-12)11-6-3-2-4-7-11/h2-9,14H,10H2,1H3/t13-/m1/s1. The summed E-state index contributed by atoms with van der Waals surface area (Å²) < 4.78 is 23.1. The maximum atomic E-state index is 11.6. The fourth-order valence-corrected chi connectivity index (χ4v) is 3.92. The summed E-state index contributed by atoms with van der Waals surface area (Å²) >= 11 is 1.35. The third kappa shape index (κ3) is 2.80. The van der Waals surface area contributed by atoms with Gasteiger partial charge in [0.2, 0.25) is 0 Å². The van der Waals surface area contributed by atoms with Crippen LogP contribution in [0.4, 0.5) is 0 Å². The van der Waals surface area contributed by atoms with E-state index in [0.717, 1.165) is 6.26 Å². The second kappa shape index (κ2) is 4.84. The molecule has 96 valence electrons. The monoisotopic (exact) mass is 282 g/mol. The average Bonchev–Trinajstić information content (AvgIpc) is 2.82. The average molecular weight is 282 g/mol. The zero-order valence-electron chi connectivity index (χ0n) is 9.91. The van der Waals surface area contributed by atoms with Gasteiger partial charge in [0.15, 0.2) is 9.84 Å². The van der Waals surface area contributed by atoms with Crippen molar-refractivity contribution in [2.45, 2.75) is 5.60 Å². The van der Waals surface area contributed by atoms with Gasteiger partial charge in [-0.1, -0.05) is 36.4 Å². The molecule has 1 atom stereocenters. The Kier molecular flexibility index (Phi) is 3.56. The summed E-state index contributed by atoms with van der Waals surface area (Å²) in [5.41, 5.74) is -0.874. The van der Waals surface area contributed by atoms with Crippen LogP contribution in [0.1, 0.15) is 10.4 Å². The minimum atomic E-state index is -3.30. The maximum Gasteiger partial charge on any atom is 0.151 e. The Morgan fingerprint density at radius 2 is 1.83 bits per heavy atom. The summed E-state index contributed by atoms with van der Waals surface area (Å²) in [5, 5.41) is 12.6. The lowest BCUT2D eigenvalue weighted by molar-refractivity contribution is 0.110. The first-order chi connectivity index (χ1) is 8.42. The van der Waals surface area contributed by atoms with Crippen LogP contribution < -0.4 is 0 Å². The lowest BCUT2D eigenvalue weighted by Crippen LogP contribution is -2.34. The summed E-state index contributed by atoms with van der Waals surface area (Å²) in [6.45, 7) is 0. The molecule has 0 fully saturated rings. The van der Waals surface area contributed by atoms with E-state index in [2.05, 4.69) is 0 Å². The van der Waals surface area contributed by atoms with E-state index in [1.807, 2.05) is 11.4 Å². The Morgan fingerprint density at radius 1 is 1.17 bits per heavy atom. The molecule has 0 bridgehead atoms. The van der Waals surface area contributed by atoms with Gasteiger partial charge >= 0.3 is 0 Å². The van der Waals surface area contributed by atoms with Crippen LogP contribution >= 0.6 is 11.3 Å². The first-order valence-corrected chi connectivity index (χ1v) is 8.35. The first kappa shape index (κ1) is 13.3. The Morgan fingerprint density at radius 3 is 2.33 bits per heavy atom. The normalized spacial score (nSPS) is 15.2. The van der Waals surface area contributed by atoms with Crippen molar-refractivity contribution in [1.29, 1.82) is 0 Å². The van der Waals surface area contributed by atoms with Crippen LogP contribution in [0.15, 0.2) is 47.8 Å². The maximum absolute atomic E-state index is 11.6. The van der Waals surface area contributed by atoms with Crippen LogP contribution in [0.3, 0.4) is 0 Å². The molecule has 0 unspecified atom stereocenters. The minimum absolute atomic E-state index is 0.315. The van der Waals surface area contributed by atoms with E-state index in [9.17, 15) is 13.5 Å². The molecule has 0 radical (unpaired) electrons. The minimum Gasteiger partial charge on any atom is -0.378 e. The summed E-state index contributed by atoms with van der Waals surface area (Å²) in [6.07, 6.45) is 1.13. The first-order valence-electron chi connectivity index (χ1n) is 5.41. The van der Waals surface area contributed by atoms with Crippen molar-refractivity contribution in [2.75, 3.05) is 12.0 Å². The van der Waals surface area contributed by atoms with Gasteiger partial charge in [0.25, 0.3) is 0 Å². The second-order valence-electron chi connectivity index (χ2n) is 4.27. The molecule has 0 aliphatic rings. The highest BCUT2D eigenvalue weighted by molar-refractivity contribution is 7.90. The zero-order valence-corrected chi connectivity index (χ0v) is 11.5. The van der Waals surface area contributed by atoms with Crippen molar-refractivity contribution in [3.05, 3.63) is 58.3 Å². The van der Waals surface area contributed by atoms with E-state index in [1.165, 1.54) is 11.3 Å². The van der Waals surface area contributed by atoms with Crippen molar-refractivity contribution in [1.82, 2.24) is 0 Å². The van der Waals surface area contributed by atoms with Crippen LogP contribution in [0.2, 0.25) is 0 Å². The molecule has 0 aliphatic heterocycles. The van der Waals surface area contributed by atoms with Crippen LogP contribution in [0.5, 0.6) is 0 Å². The highest BCUT2D eigenvalue weighted by atomic mass is 32.2. The van der Waals surface area contributed by atoms with Gasteiger partial charge in [0.1, 0.15) is 5.60 Å². The van der Waals surface area contributed by atoms with Gasteiger partial charge in [0, 0.05) is 11.1 Å². The number of hydrogen-bond donors (Lipinski definition) is 1. The van der Waals surface area contributed by atoms with Crippen molar-refractivity contribution in [2.24, 2.45) is 0 Å². The van der Waals surface area contributed by atoms with Crippen molar-refractivity contribution in [3.63, 3.8) is 0 Å². The van der Waals surface area contributed by atoms with E-state index in [0.29, 0.717) is 10.4 Å². The van der Waals surface area contributed by atoms with Gasteiger partial charge in [-0.25, -0.2) is 8.42 Å². The molecule has 0 amide bonds. The molecular weight excluding hydrogens is 268 g/mol. The van der Waals surface area contributed by atoms with Crippen molar-refractivity contribution in [3.8, 4) is 0 Å². The van der Waals surface area contributed by atoms with Gasteiger partial charge in [-0.05, 0) is 17.0 Å². The Labute approximate surface area is 111 Å². The number of benzene rings is 1. The summed E-state index contributed by atoms with van der Waals surface area (Å²) in [7, 11) is -3.30. The van der Waals surface area contributed by atoms with E-state index in [-0.39, 0.29) is 5.75 Å². The van der Waals surface area contributed by atoms with Crippen LogP contribution in [-0.2, 0) is 15.4 Å². The van der Waals surface area contributed by atoms with E-state index in [1.54, 1.807) is 36.4 Å². The molecule has 0 saturated heterocycles. The predicted octanol–water partition coefficient (Wildman–Crippen LogP) is 2.03. The molecular formula is C13H14O3S2. The van der Waals surface area contributed by atoms with Gasteiger partial charge < -0.3 is 5.11 Å². The van der Waals surface area contributed by atoms with Crippen LogP contribution in [0, 0.1) is 0 Å². The molecule has 2 rings (SSSR count). The summed E-state index contributed by atoms with van der Waals surface area (Å²) in [6, 6.07) is 12.4. The topological polar surface area (TPSA) is 54.4 Å². The highest BCUT2D eigenvalue weighted by Gasteiger charge is 2.36. The molecule has 1 heterocycles. The largest absolute Gasteiger partial charge is 0.378 e. The van der Waals surface area contributed by atoms with E-state index < -0.39 is 15.4 Å². The Balaban J connectivity index is 2.54. The molecule has 2 aromatic rings. The van der Waals surface area contributed by atoms with Gasteiger partial charge in [0.05, 0.1) is 5.75 Å². The molecule has 0 saturated carbocycles. The third-order valence-corrected chi connectivity index (χ3v) is 4.61. The molecule has 18 heavy (non-hydrogen) atoms. The number of sulfone groups is 1. The Hall–Kier alpha value is -1.17. The molecule has 1 aromatic carbocycles. The summed E-state index contributed by atoms with van der Waals surface area (Å²) in [4.78, 5) is 0.638. The number of hydrogen-bond acceptors (Lipinski definition) is 4. The van der Waals surface area contributed by atoms with Crippen LogP contribution in [-0.4, -0.2) is 25.5 Å². The molecule has 5 heteroatoms. The lowest BCUT2D eigenvalue weighted by atomic mass is 9.94. The fourth-order valence-electron chi connectivity index (χ4n) is 1.90. The number of rotatable bonds is 4. The van der Waals surface area contributed by atoms with Crippen molar-refractivity contribution >= 4 is 21.2 Å². The van der Waals surface area contributed by atoms with Gasteiger partial charge in [-0.2, -0.15) is 0 Å². The smallest absolute Gasteiger partial charge is 0.151 e. The van der Waals surface area contributed by atoms with Crippen LogP contribution in [0.25, 0.3) is 0 Å². The van der Waals surface area contributed by atoms with Crippen molar-refractivity contribution < 1.29 is 13.5 Å². The predicted molar refractivity (Wildman–Crippen MR) is 73.5 cm³/mol. The lowest BCUT2D eigenvalue weighted by Gasteiger charge is -2.26. The Bertz CT molecular complexity index is 603. The van der Waals surface area contributed by atoms with E-state index in [4.69, 9.17) is 0 Å².